The molecule has 0 unspecified atom stereocenters. The van der Waals surface area contributed by atoms with E-state index in [2.05, 4.69) is 18.7 Å². The largest absolute Gasteiger partial charge is 0.496 e. The molecule has 0 aliphatic carbocycles. The van der Waals surface area contributed by atoms with E-state index in [0.29, 0.717) is 18.7 Å². The molecule has 0 saturated carbocycles. The summed E-state index contributed by atoms with van der Waals surface area (Å²) in [5, 5.41) is 0. The second-order valence-electron chi connectivity index (χ2n) is 5.89. The Labute approximate surface area is 119 Å². The van der Waals surface area contributed by atoms with Gasteiger partial charge >= 0.3 is 0 Å². The second kappa shape index (κ2) is 5.92. The van der Waals surface area contributed by atoms with Crippen molar-refractivity contribution in [3.05, 3.63) is 29.6 Å². The standard InChI is InChI=1S/C16H22FNO2/c1-16(2)9-5-10-18(16)11-8-13(19)15-12(17)6-4-7-14(15)20-3/h4,6-7H,5,8-11H2,1-3H3. The van der Waals surface area contributed by atoms with Gasteiger partial charge in [-0.1, -0.05) is 6.07 Å². The molecular formula is C16H22FNO2. The minimum absolute atomic E-state index is 0.0759. The molecule has 1 aromatic carbocycles. The van der Waals surface area contributed by atoms with Gasteiger partial charge in [0.25, 0.3) is 0 Å². The number of carbonyl (C=O) groups is 1. The lowest BCUT2D eigenvalue weighted by Crippen LogP contribution is -2.39. The molecule has 0 spiro atoms. The van der Waals surface area contributed by atoms with E-state index in [1.165, 1.54) is 13.2 Å². The molecular weight excluding hydrogens is 257 g/mol. The van der Waals surface area contributed by atoms with Crippen LogP contribution in [0.4, 0.5) is 4.39 Å². The molecule has 3 nitrogen and oxygen atoms in total. The fourth-order valence-electron chi connectivity index (χ4n) is 2.88. The maximum absolute atomic E-state index is 13.8. The molecule has 110 valence electrons. The SMILES string of the molecule is COc1cccc(F)c1C(=O)CCN1CCCC1(C)C. The number of hydrogen-bond donors (Lipinski definition) is 0. The number of likely N-dealkylation sites (tertiary alicyclic amines) is 1. The zero-order valence-electron chi connectivity index (χ0n) is 12.4. The Morgan fingerprint density at radius 1 is 1.45 bits per heavy atom. The van der Waals surface area contributed by atoms with Gasteiger partial charge in [-0.15, -0.1) is 0 Å². The molecule has 2 rings (SSSR count). The van der Waals surface area contributed by atoms with Gasteiger partial charge < -0.3 is 4.74 Å². The summed E-state index contributed by atoms with van der Waals surface area (Å²) in [5.41, 5.74) is 0.214. The van der Waals surface area contributed by atoms with Gasteiger partial charge in [0.15, 0.2) is 5.78 Å². The second-order valence-corrected chi connectivity index (χ2v) is 5.89. The number of carbonyl (C=O) groups excluding carboxylic acids is 1. The first-order valence-corrected chi connectivity index (χ1v) is 7.06. The van der Waals surface area contributed by atoms with Crippen molar-refractivity contribution < 1.29 is 13.9 Å². The van der Waals surface area contributed by atoms with Crippen LogP contribution in [0.2, 0.25) is 0 Å². The van der Waals surface area contributed by atoms with E-state index in [-0.39, 0.29) is 16.9 Å². The van der Waals surface area contributed by atoms with Crippen LogP contribution in [0.1, 0.15) is 43.5 Å². The average Bonchev–Trinajstić information content (AvgIpc) is 2.74. The highest BCUT2D eigenvalue weighted by Crippen LogP contribution is 2.29. The minimum Gasteiger partial charge on any atom is -0.496 e. The first-order valence-electron chi connectivity index (χ1n) is 7.06. The molecule has 1 heterocycles. The maximum atomic E-state index is 13.8. The molecule has 0 amide bonds. The van der Waals surface area contributed by atoms with Gasteiger partial charge in [0.2, 0.25) is 0 Å². The molecule has 0 atom stereocenters. The molecule has 4 heteroatoms. The van der Waals surface area contributed by atoms with Crippen LogP contribution in [-0.2, 0) is 0 Å². The number of hydrogen-bond acceptors (Lipinski definition) is 3. The highest BCUT2D eigenvalue weighted by Gasteiger charge is 2.32. The number of methoxy groups -OCH3 is 1. The first-order chi connectivity index (χ1) is 9.45. The zero-order chi connectivity index (χ0) is 14.8. The summed E-state index contributed by atoms with van der Waals surface area (Å²) < 4.78 is 18.9. The summed E-state index contributed by atoms with van der Waals surface area (Å²) in [6.07, 6.45) is 2.62. The number of rotatable bonds is 5. The molecule has 0 bridgehead atoms. The van der Waals surface area contributed by atoms with Crippen molar-refractivity contribution in [2.45, 2.75) is 38.6 Å². The highest BCUT2D eigenvalue weighted by atomic mass is 19.1. The third-order valence-electron chi connectivity index (χ3n) is 4.16. The lowest BCUT2D eigenvalue weighted by atomic mass is 10.0. The smallest absolute Gasteiger partial charge is 0.170 e. The Hall–Kier alpha value is -1.42. The Kier molecular flexibility index (Phi) is 4.43. The number of nitrogens with zero attached hydrogens (tertiary/aromatic N) is 1. The molecule has 1 aromatic rings. The van der Waals surface area contributed by atoms with Gasteiger partial charge in [-0.2, -0.15) is 0 Å². The van der Waals surface area contributed by atoms with Crippen molar-refractivity contribution in [3.8, 4) is 5.75 Å². The number of Topliss-reactive ketones (excluding diaryl/α,β-unsaturated/α-hetero) is 1. The Bertz CT molecular complexity index is 499. The van der Waals surface area contributed by atoms with Crippen LogP contribution in [0.5, 0.6) is 5.75 Å². The number of ether oxygens (including phenoxy) is 1. The fourth-order valence-corrected chi connectivity index (χ4v) is 2.88. The summed E-state index contributed by atoms with van der Waals surface area (Å²) in [6.45, 7) is 6.06. The van der Waals surface area contributed by atoms with E-state index in [1.807, 2.05) is 0 Å². The third kappa shape index (κ3) is 3.01. The molecule has 1 aliphatic rings. The summed E-state index contributed by atoms with van der Waals surface area (Å²) in [6, 6.07) is 4.47. The molecule has 1 aliphatic heterocycles. The lowest BCUT2D eigenvalue weighted by Gasteiger charge is -2.31. The van der Waals surface area contributed by atoms with Gasteiger partial charge in [0.05, 0.1) is 12.7 Å². The van der Waals surface area contributed by atoms with E-state index < -0.39 is 5.82 Å². The van der Waals surface area contributed by atoms with E-state index in [9.17, 15) is 9.18 Å². The third-order valence-corrected chi connectivity index (χ3v) is 4.16. The molecule has 0 aromatic heterocycles. The molecule has 1 saturated heterocycles. The number of ketones is 1. The van der Waals surface area contributed by atoms with Crippen LogP contribution in [0, 0.1) is 5.82 Å². The van der Waals surface area contributed by atoms with E-state index in [4.69, 9.17) is 4.74 Å². The van der Waals surface area contributed by atoms with Crippen molar-refractivity contribution in [1.82, 2.24) is 4.90 Å². The van der Waals surface area contributed by atoms with Crippen LogP contribution < -0.4 is 4.74 Å². The summed E-state index contributed by atoms with van der Waals surface area (Å²) in [7, 11) is 1.45. The average molecular weight is 279 g/mol. The van der Waals surface area contributed by atoms with Gasteiger partial charge in [-0.25, -0.2) is 4.39 Å². The van der Waals surface area contributed by atoms with Gasteiger partial charge in [-0.3, -0.25) is 9.69 Å². The molecule has 0 radical (unpaired) electrons. The Morgan fingerprint density at radius 3 is 2.80 bits per heavy atom. The monoisotopic (exact) mass is 279 g/mol. The van der Waals surface area contributed by atoms with Crippen LogP contribution >= 0.6 is 0 Å². The van der Waals surface area contributed by atoms with Crippen LogP contribution in [0.3, 0.4) is 0 Å². The van der Waals surface area contributed by atoms with Crippen molar-refractivity contribution >= 4 is 5.78 Å². The summed E-state index contributed by atoms with van der Waals surface area (Å²) in [5.74, 6) is -0.381. The van der Waals surface area contributed by atoms with Gasteiger partial charge in [0, 0.05) is 18.5 Å². The van der Waals surface area contributed by atoms with Crippen LogP contribution in [-0.4, -0.2) is 36.4 Å². The fraction of sp³-hybridized carbons (Fsp3) is 0.562. The Morgan fingerprint density at radius 2 is 2.20 bits per heavy atom. The predicted molar refractivity (Wildman–Crippen MR) is 76.8 cm³/mol. The van der Waals surface area contributed by atoms with Crippen molar-refractivity contribution in [2.75, 3.05) is 20.2 Å². The highest BCUT2D eigenvalue weighted by molar-refractivity contribution is 5.99. The normalized spacial score (nSPS) is 18.2. The molecule has 20 heavy (non-hydrogen) atoms. The van der Waals surface area contributed by atoms with Crippen LogP contribution in [0.25, 0.3) is 0 Å². The van der Waals surface area contributed by atoms with Crippen molar-refractivity contribution in [3.63, 3.8) is 0 Å². The van der Waals surface area contributed by atoms with Crippen molar-refractivity contribution in [2.24, 2.45) is 0 Å². The van der Waals surface area contributed by atoms with E-state index in [0.717, 1.165) is 19.4 Å². The lowest BCUT2D eigenvalue weighted by molar-refractivity contribution is 0.0935. The van der Waals surface area contributed by atoms with E-state index >= 15 is 0 Å². The van der Waals surface area contributed by atoms with Gasteiger partial charge in [-0.05, 0) is 45.4 Å². The number of halogens is 1. The molecule has 0 N–H and O–H groups in total. The van der Waals surface area contributed by atoms with Crippen molar-refractivity contribution in [1.29, 1.82) is 0 Å². The Balaban J connectivity index is 2.06. The topological polar surface area (TPSA) is 29.5 Å². The van der Waals surface area contributed by atoms with Crippen LogP contribution in [0.15, 0.2) is 18.2 Å². The molecule has 1 fully saturated rings. The first kappa shape index (κ1) is 15.0. The predicted octanol–water partition coefficient (Wildman–Crippen LogP) is 3.28. The maximum Gasteiger partial charge on any atom is 0.170 e. The summed E-state index contributed by atoms with van der Waals surface area (Å²) in [4.78, 5) is 14.6. The zero-order valence-corrected chi connectivity index (χ0v) is 12.4. The summed E-state index contributed by atoms with van der Waals surface area (Å²) >= 11 is 0. The number of benzene rings is 1. The quantitative estimate of drug-likeness (QED) is 0.775. The van der Waals surface area contributed by atoms with Gasteiger partial charge in [0.1, 0.15) is 11.6 Å². The minimum atomic E-state index is -0.505. The van der Waals surface area contributed by atoms with E-state index in [1.54, 1.807) is 12.1 Å².